The van der Waals surface area contributed by atoms with E-state index < -0.39 is 5.60 Å². The standard InChI is InChI=1S/C13H10BrFOS/c14-12-7-17-6-11(12)13(16)4-3-8-5-9(15)1-2-10(8)13/h1-2,5-7,16H,3-4H2. The number of benzene rings is 1. The van der Waals surface area contributed by atoms with E-state index in [1.807, 2.05) is 10.8 Å². The van der Waals surface area contributed by atoms with Gasteiger partial charge >= 0.3 is 0 Å². The van der Waals surface area contributed by atoms with Gasteiger partial charge in [-0.2, -0.15) is 11.3 Å². The zero-order valence-electron chi connectivity index (χ0n) is 8.91. The molecule has 1 nitrogen and oxygen atoms in total. The van der Waals surface area contributed by atoms with Crippen LogP contribution in [0.25, 0.3) is 0 Å². The minimum absolute atomic E-state index is 0.239. The van der Waals surface area contributed by atoms with Crippen molar-refractivity contribution in [3.05, 3.63) is 55.9 Å². The van der Waals surface area contributed by atoms with E-state index >= 15 is 0 Å². The maximum absolute atomic E-state index is 13.1. The Labute approximate surface area is 111 Å². The fraction of sp³-hybridized carbons (Fsp3) is 0.231. The summed E-state index contributed by atoms with van der Waals surface area (Å²) in [7, 11) is 0. The van der Waals surface area contributed by atoms with E-state index in [1.165, 1.54) is 12.1 Å². The van der Waals surface area contributed by atoms with Crippen LogP contribution in [-0.2, 0) is 12.0 Å². The zero-order valence-corrected chi connectivity index (χ0v) is 11.3. The van der Waals surface area contributed by atoms with Gasteiger partial charge in [0.05, 0.1) is 0 Å². The van der Waals surface area contributed by atoms with Crippen molar-refractivity contribution in [1.29, 1.82) is 0 Å². The summed E-state index contributed by atoms with van der Waals surface area (Å²) in [4.78, 5) is 0. The van der Waals surface area contributed by atoms with Crippen molar-refractivity contribution in [1.82, 2.24) is 0 Å². The number of hydrogen-bond acceptors (Lipinski definition) is 2. The summed E-state index contributed by atoms with van der Waals surface area (Å²) < 4.78 is 14.1. The molecule has 0 bridgehead atoms. The van der Waals surface area contributed by atoms with Gasteiger partial charge in [0.25, 0.3) is 0 Å². The highest BCUT2D eigenvalue weighted by Gasteiger charge is 2.40. The molecule has 1 aromatic heterocycles. The highest BCUT2D eigenvalue weighted by molar-refractivity contribution is 9.10. The second-order valence-electron chi connectivity index (χ2n) is 4.30. The fourth-order valence-electron chi connectivity index (χ4n) is 2.48. The molecule has 2 aromatic rings. The zero-order chi connectivity index (χ0) is 12.0. The molecule has 1 atom stereocenters. The lowest BCUT2D eigenvalue weighted by atomic mass is 9.90. The minimum atomic E-state index is -0.970. The van der Waals surface area contributed by atoms with E-state index in [1.54, 1.807) is 17.4 Å². The highest BCUT2D eigenvalue weighted by atomic mass is 79.9. The average Bonchev–Trinajstić information content (AvgIpc) is 2.85. The predicted octanol–water partition coefficient (Wildman–Crippen LogP) is 3.83. The van der Waals surface area contributed by atoms with E-state index in [4.69, 9.17) is 0 Å². The van der Waals surface area contributed by atoms with Crippen LogP contribution in [-0.4, -0.2) is 5.11 Å². The van der Waals surface area contributed by atoms with Crippen molar-refractivity contribution in [3.63, 3.8) is 0 Å². The fourth-order valence-corrected chi connectivity index (χ4v) is 4.17. The van der Waals surface area contributed by atoms with Gasteiger partial charge in [0.15, 0.2) is 0 Å². The number of rotatable bonds is 1. The average molecular weight is 313 g/mol. The van der Waals surface area contributed by atoms with Crippen molar-refractivity contribution < 1.29 is 9.50 Å². The lowest BCUT2D eigenvalue weighted by Gasteiger charge is -2.24. The Morgan fingerprint density at radius 3 is 2.82 bits per heavy atom. The van der Waals surface area contributed by atoms with E-state index in [9.17, 15) is 9.50 Å². The first-order chi connectivity index (χ1) is 8.11. The maximum atomic E-state index is 13.1. The van der Waals surface area contributed by atoms with Crippen LogP contribution in [0.3, 0.4) is 0 Å². The number of fused-ring (bicyclic) bond motifs is 1. The van der Waals surface area contributed by atoms with E-state index in [0.717, 1.165) is 21.2 Å². The Kier molecular flexibility index (Phi) is 2.61. The van der Waals surface area contributed by atoms with E-state index in [-0.39, 0.29) is 5.82 Å². The third-order valence-corrected chi connectivity index (χ3v) is 5.03. The van der Waals surface area contributed by atoms with Crippen LogP contribution in [0.2, 0.25) is 0 Å². The summed E-state index contributed by atoms with van der Waals surface area (Å²) in [5.41, 5.74) is 1.65. The van der Waals surface area contributed by atoms with Crippen LogP contribution in [0.4, 0.5) is 4.39 Å². The van der Waals surface area contributed by atoms with Gasteiger partial charge in [0.1, 0.15) is 11.4 Å². The largest absolute Gasteiger partial charge is 0.380 e. The van der Waals surface area contributed by atoms with Crippen molar-refractivity contribution in [2.45, 2.75) is 18.4 Å². The minimum Gasteiger partial charge on any atom is -0.380 e. The number of aliphatic hydroxyl groups is 1. The molecule has 3 rings (SSSR count). The maximum Gasteiger partial charge on any atom is 0.123 e. The molecule has 1 unspecified atom stereocenters. The normalized spacial score (nSPS) is 22.8. The molecule has 1 aliphatic rings. The van der Waals surface area contributed by atoms with Crippen molar-refractivity contribution in [2.75, 3.05) is 0 Å². The first-order valence-electron chi connectivity index (χ1n) is 5.35. The Morgan fingerprint density at radius 1 is 1.29 bits per heavy atom. The molecule has 0 amide bonds. The molecule has 0 radical (unpaired) electrons. The van der Waals surface area contributed by atoms with Gasteiger partial charge in [0.2, 0.25) is 0 Å². The molecule has 1 aliphatic carbocycles. The number of hydrogen-bond donors (Lipinski definition) is 1. The first-order valence-corrected chi connectivity index (χ1v) is 7.08. The van der Waals surface area contributed by atoms with Gasteiger partial charge < -0.3 is 5.11 Å². The molecular formula is C13H10BrFOS. The lowest BCUT2D eigenvalue weighted by molar-refractivity contribution is 0.0827. The highest BCUT2D eigenvalue weighted by Crippen LogP contribution is 2.45. The molecule has 1 aromatic carbocycles. The van der Waals surface area contributed by atoms with Crippen LogP contribution in [0.1, 0.15) is 23.1 Å². The Morgan fingerprint density at radius 2 is 2.12 bits per heavy atom. The summed E-state index contributed by atoms with van der Waals surface area (Å²) in [6, 6.07) is 4.63. The molecule has 1 heterocycles. The van der Waals surface area contributed by atoms with Gasteiger partial charge in [-0.25, -0.2) is 4.39 Å². The molecule has 0 saturated heterocycles. The topological polar surface area (TPSA) is 20.2 Å². The Balaban J connectivity index is 2.17. The SMILES string of the molecule is OC1(c2cscc2Br)CCc2cc(F)ccc21. The second-order valence-corrected chi connectivity index (χ2v) is 5.89. The third kappa shape index (κ3) is 1.66. The quantitative estimate of drug-likeness (QED) is 0.848. The van der Waals surface area contributed by atoms with Gasteiger partial charge in [-0.15, -0.1) is 0 Å². The van der Waals surface area contributed by atoms with Crippen molar-refractivity contribution >= 4 is 27.3 Å². The molecule has 4 heteroatoms. The van der Waals surface area contributed by atoms with E-state index in [0.29, 0.717) is 12.8 Å². The van der Waals surface area contributed by atoms with Crippen LogP contribution in [0.15, 0.2) is 33.4 Å². The monoisotopic (exact) mass is 312 g/mol. The molecule has 0 spiro atoms. The van der Waals surface area contributed by atoms with Crippen LogP contribution >= 0.6 is 27.3 Å². The molecule has 0 fully saturated rings. The van der Waals surface area contributed by atoms with Crippen LogP contribution in [0, 0.1) is 5.82 Å². The molecular weight excluding hydrogens is 303 g/mol. The summed E-state index contributed by atoms with van der Waals surface area (Å²) in [5.74, 6) is -0.239. The number of thiophene rings is 1. The molecule has 17 heavy (non-hydrogen) atoms. The van der Waals surface area contributed by atoms with Crippen molar-refractivity contribution in [3.8, 4) is 0 Å². The third-order valence-electron chi connectivity index (χ3n) is 3.33. The van der Waals surface area contributed by atoms with Gasteiger partial charge in [-0.05, 0) is 57.4 Å². The van der Waals surface area contributed by atoms with Crippen LogP contribution in [0.5, 0.6) is 0 Å². The van der Waals surface area contributed by atoms with Gasteiger partial charge in [-0.1, -0.05) is 6.07 Å². The lowest BCUT2D eigenvalue weighted by Crippen LogP contribution is -2.23. The predicted molar refractivity (Wildman–Crippen MR) is 69.7 cm³/mol. The summed E-state index contributed by atoms with van der Waals surface area (Å²) >= 11 is 5.00. The summed E-state index contributed by atoms with van der Waals surface area (Å²) in [6.07, 6.45) is 1.33. The summed E-state index contributed by atoms with van der Waals surface area (Å²) in [5, 5.41) is 14.7. The van der Waals surface area contributed by atoms with Gasteiger partial charge in [0, 0.05) is 15.4 Å². The van der Waals surface area contributed by atoms with Crippen molar-refractivity contribution in [2.24, 2.45) is 0 Å². The molecule has 0 aliphatic heterocycles. The molecule has 1 N–H and O–H groups in total. The molecule has 88 valence electrons. The Bertz CT molecular complexity index is 581. The van der Waals surface area contributed by atoms with Crippen LogP contribution < -0.4 is 0 Å². The number of halogens is 2. The first kappa shape index (κ1) is 11.4. The summed E-state index contributed by atoms with van der Waals surface area (Å²) in [6.45, 7) is 0. The Hall–Kier alpha value is -0.710. The molecule has 0 saturated carbocycles. The smallest absolute Gasteiger partial charge is 0.123 e. The van der Waals surface area contributed by atoms with E-state index in [2.05, 4.69) is 15.9 Å². The van der Waals surface area contributed by atoms with Gasteiger partial charge in [-0.3, -0.25) is 0 Å². The number of aryl methyl sites for hydroxylation is 1. The second kappa shape index (κ2) is 3.90.